The van der Waals surface area contributed by atoms with Crippen molar-refractivity contribution in [3.8, 4) is 22.9 Å². The van der Waals surface area contributed by atoms with E-state index in [-0.39, 0.29) is 5.75 Å². The van der Waals surface area contributed by atoms with Gasteiger partial charge >= 0.3 is 6.01 Å². The summed E-state index contributed by atoms with van der Waals surface area (Å²) in [6.07, 6.45) is 3.22. The second-order valence-corrected chi connectivity index (χ2v) is 2.98. The molecule has 0 saturated heterocycles. The molecule has 0 saturated carbocycles. The van der Waals surface area contributed by atoms with Crippen LogP contribution in [0.4, 0.5) is 0 Å². The molecular formula is C11H10N2O2. The van der Waals surface area contributed by atoms with Gasteiger partial charge in [-0.2, -0.15) is 0 Å². The van der Waals surface area contributed by atoms with Crippen LogP contribution in [-0.2, 0) is 0 Å². The fraction of sp³-hybridized carbons (Fsp3) is 0.0909. The van der Waals surface area contributed by atoms with Gasteiger partial charge in [-0.3, -0.25) is 0 Å². The Morgan fingerprint density at radius 3 is 2.40 bits per heavy atom. The number of phenols is 1. The van der Waals surface area contributed by atoms with Crippen LogP contribution in [0.3, 0.4) is 0 Å². The van der Waals surface area contributed by atoms with Crippen LogP contribution in [0.5, 0.6) is 11.8 Å². The molecule has 4 heteroatoms. The van der Waals surface area contributed by atoms with Crippen LogP contribution >= 0.6 is 0 Å². The lowest BCUT2D eigenvalue weighted by atomic mass is 10.1. The molecule has 0 spiro atoms. The van der Waals surface area contributed by atoms with Crippen molar-refractivity contribution < 1.29 is 9.84 Å². The number of para-hydroxylation sites is 1. The third-order valence-corrected chi connectivity index (χ3v) is 2.03. The molecule has 1 aromatic heterocycles. The minimum Gasteiger partial charge on any atom is -0.507 e. The number of phenolic OH excluding ortho intramolecular Hbond substituents is 1. The summed E-state index contributed by atoms with van der Waals surface area (Å²) < 4.78 is 4.85. The molecule has 2 aromatic rings. The first-order valence-corrected chi connectivity index (χ1v) is 4.45. The zero-order valence-corrected chi connectivity index (χ0v) is 8.21. The lowest BCUT2D eigenvalue weighted by Crippen LogP contribution is -1.91. The van der Waals surface area contributed by atoms with Crippen LogP contribution in [0.1, 0.15) is 0 Å². The van der Waals surface area contributed by atoms with Crippen LogP contribution in [0, 0.1) is 0 Å². The van der Waals surface area contributed by atoms with Crippen LogP contribution in [-0.4, -0.2) is 22.2 Å². The van der Waals surface area contributed by atoms with Crippen LogP contribution in [0.15, 0.2) is 36.7 Å². The number of hydrogen-bond acceptors (Lipinski definition) is 4. The molecule has 15 heavy (non-hydrogen) atoms. The van der Waals surface area contributed by atoms with Crippen LogP contribution in [0.2, 0.25) is 0 Å². The van der Waals surface area contributed by atoms with E-state index < -0.39 is 0 Å². The summed E-state index contributed by atoms with van der Waals surface area (Å²) in [7, 11) is 1.51. The highest BCUT2D eigenvalue weighted by molar-refractivity contribution is 5.68. The van der Waals surface area contributed by atoms with Gasteiger partial charge in [0.25, 0.3) is 0 Å². The molecule has 1 N–H and O–H groups in total. The topological polar surface area (TPSA) is 55.2 Å². The Kier molecular flexibility index (Phi) is 2.49. The third-order valence-electron chi connectivity index (χ3n) is 2.03. The van der Waals surface area contributed by atoms with E-state index in [1.807, 2.05) is 6.07 Å². The SMILES string of the molecule is COc1ncc(-c2ccccc2O)cn1. The molecule has 1 aromatic carbocycles. The predicted molar refractivity (Wildman–Crippen MR) is 55.7 cm³/mol. The average molecular weight is 202 g/mol. The van der Waals surface area contributed by atoms with E-state index in [0.717, 1.165) is 5.56 Å². The van der Waals surface area contributed by atoms with Gasteiger partial charge in [-0.1, -0.05) is 18.2 Å². The van der Waals surface area contributed by atoms with E-state index in [0.29, 0.717) is 11.6 Å². The number of hydrogen-bond donors (Lipinski definition) is 1. The van der Waals surface area contributed by atoms with E-state index in [1.165, 1.54) is 7.11 Å². The van der Waals surface area contributed by atoms with Gasteiger partial charge in [0.1, 0.15) is 5.75 Å². The van der Waals surface area contributed by atoms with Crippen molar-refractivity contribution in [2.75, 3.05) is 7.11 Å². The number of methoxy groups -OCH3 is 1. The Morgan fingerprint density at radius 1 is 1.13 bits per heavy atom. The first-order chi connectivity index (χ1) is 7.31. The number of ether oxygens (including phenoxy) is 1. The van der Waals surface area contributed by atoms with Crippen LogP contribution in [0.25, 0.3) is 11.1 Å². The molecule has 0 unspecified atom stereocenters. The maximum atomic E-state index is 9.60. The molecule has 0 radical (unpaired) electrons. The number of benzene rings is 1. The quantitative estimate of drug-likeness (QED) is 0.807. The molecule has 2 rings (SSSR count). The fourth-order valence-electron chi connectivity index (χ4n) is 1.28. The van der Waals surface area contributed by atoms with Crippen molar-refractivity contribution in [2.45, 2.75) is 0 Å². The van der Waals surface area contributed by atoms with E-state index in [1.54, 1.807) is 30.6 Å². The smallest absolute Gasteiger partial charge is 0.316 e. The molecule has 4 nitrogen and oxygen atoms in total. The molecule has 0 fully saturated rings. The van der Waals surface area contributed by atoms with Gasteiger partial charge in [-0.15, -0.1) is 0 Å². The lowest BCUT2D eigenvalue weighted by Gasteiger charge is -2.03. The molecule has 0 bridgehead atoms. The Bertz CT molecular complexity index is 454. The normalized spacial score (nSPS) is 9.93. The predicted octanol–water partition coefficient (Wildman–Crippen LogP) is 1.86. The summed E-state index contributed by atoms with van der Waals surface area (Å²) in [5.41, 5.74) is 1.47. The Hall–Kier alpha value is -2.10. The summed E-state index contributed by atoms with van der Waals surface area (Å²) in [6, 6.07) is 7.36. The van der Waals surface area contributed by atoms with Crippen molar-refractivity contribution in [1.82, 2.24) is 9.97 Å². The molecule has 1 heterocycles. The third kappa shape index (κ3) is 1.88. The molecule has 76 valence electrons. The average Bonchev–Trinajstić information content (AvgIpc) is 2.30. The van der Waals surface area contributed by atoms with Crippen LogP contribution < -0.4 is 4.74 Å². The number of aromatic nitrogens is 2. The maximum absolute atomic E-state index is 9.60. The first-order valence-electron chi connectivity index (χ1n) is 4.45. The number of nitrogens with zero attached hydrogens (tertiary/aromatic N) is 2. The fourth-order valence-corrected chi connectivity index (χ4v) is 1.28. The number of rotatable bonds is 2. The summed E-state index contributed by atoms with van der Waals surface area (Å²) >= 11 is 0. The highest BCUT2D eigenvalue weighted by Gasteiger charge is 2.04. The molecule has 0 aliphatic heterocycles. The van der Waals surface area contributed by atoms with Gasteiger partial charge in [0.05, 0.1) is 7.11 Å². The van der Waals surface area contributed by atoms with Gasteiger partial charge in [0.2, 0.25) is 0 Å². The largest absolute Gasteiger partial charge is 0.507 e. The maximum Gasteiger partial charge on any atom is 0.316 e. The highest BCUT2D eigenvalue weighted by Crippen LogP contribution is 2.27. The van der Waals surface area contributed by atoms with E-state index >= 15 is 0 Å². The van der Waals surface area contributed by atoms with Crippen molar-refractivity contribution >= 4 is 0 Å². The summed E-state index contributed by atoms with van der Waals surface area (Å²) in [4.78, 5) is 7.94. The standard InChI is InChI=1S/C11H10N2O2/c1-15-11-12-6-8(7-13-11)9-4-2-3-5-10(9)14/h2-7,14H,1H3. The second-order valence-electron chi connectivity index (χ2n) is 2.98. The van der Waals surface area contributed by atoms with Gasteiger partial charge in [-0.25, -0.2) is 9.97 Å². The monoisotopic (exact) mass is 202 g/mol. The van der Waals surface area contributed by atoms with E-state index in [9.17, 15) is 5.11 Å². The molecular weight excluding hydrogens is 192 g/mol. The van der Waals surface area contributed by atoms with E-state index in [4.69, 9.17) is 4.74 Å². The Balaban J connectivity index is 2.42. The van der Waals surface area contributed by atoms with Gasteiger partial charge in [0.15, 0.2) is 0 Å². The Morgan fingerprint density at radius 2 is 1.80 bits per heavy atom. The van der Waals surface area contributed by atoms with Crippen molar-refractivity contribution in [3.05, 3.63) is 36.7 Å². The van der Waals surface area contributed by atoms with Crippen molar-refractivity contribution in [1.29, 1.82) is 0 Å². The van der Waals surface area contributed by atoms with Gasteiger partial charge in [0, 0.05) is 23.5 Å². The summed E-state index contributed by atoms with van der Waals surface area (Å²) in [6.45, 7) is 0. The molecule has 0 aliphatic carbocycles. The minimum absolute atomic E-state index is 0.214. The summed E-state index contributed by atoms with van der Waals surface area (Å²) in [5.74, 6) is 0.214. The first kappa shape index (κ1) is 9.45. The summed E-state index contributed by atoms with van der Waals surface area (Å²) in [5, 5.41) is 9.60. The van der Waals surface area contributed by atoms with Crippen molar-refractivity contribution in [3.63, 3.8) is 0 Å². The second kappa shape index (κ2) is 3.96. The molecule has 0 amide bonds. The number of aromatic hydroxyl groups is 1. The Labute approximate surface area is 87.2 Å². The lowest BCUT2D eigenvalue weighted by molar-refractivity contribution is 0.380. The van der Waals surface area contributed by atoms with Crippen molar-refractivity contribution in [2.24, 2.45) is 0 Å². The molecule has 0 aliphatic rings. The van der Waals surface area contributed by atoms with Gasteiger partial charge < -0.3 is 9.84 Å². The highest BCUT2D eigenvalue weighted by atomic mass is 16.5. The zero-order valence-electron chi connectivity index (χ0n) is 8.21. The van der Waals surface area contributed by atoms with Gasteiger partial charge in [-0.05, 0) is 6.07 Å². The zero-order chi connectivity index (χ0) is 10.7. The minimum atomic E-state index is 0.214. The molecule has 0 atom stereocenters. The van der Waals surface area contributed by atoms with E-state index in [2.05, 4.69) is 9.97 Å².